The molecule has 0 heterocycles. The van der Waals surface area contributed by atoms with Crippen molar-refractivity contribution in [3.8, 4) is 0 Å². The summed E-state index contributed by atoms with van der Waals surface area (Å²) in [5.74, 6) is 0.862. The van der Waals surface area contributed by atoms with E-state index in [1.54, 1.807) is 0 Å². The molecule has 0 unspecified atom stereocenters. The lowest BCUT2D eigenvalue weighted by molar-refractivity contribution is 0.0322. The maximum atomic E-state index is 9.64. The lowest BCUT2D eigenvalue weighted by atomic mass is 9.71. The lowest BCUT2D eigenvalue weighted by Gasteiger charge is -2.41. The SMILES string of the molecule is CCN(CC)CC1(CO)CCC(C)CC1. The zero-order chi connectivity index (χ0) is 11.3. The Morgan fingerprint density at radius 2 is 1.73 bits per heavy atom. The van der Waals surface area contributed by atoms with Gasteiger partial charge in [0.05, 0.1) is 0 Å². The average Bonchev–Trinajstić information content (AvgIpc) is 2.29. The minimum Gasteiger partial charge on any atom is -0.396 e. The summed E-state index contributed by atoms with van der Waals surface area (Å²) >= 11 is 0. The molecule has 2 nitrogen and oxygen atoms in total. The minimum atomic E-state index is 0.207. The van der Waals surface area contributed by atoms with Crippen molar-refractivity contribution in [3.63, 3.8) is 0 Å². The van der Waals surface area contributed by atoms with Gasteiger partial charge in [-0.3, -0.25) is 0 Å². The molecule has 1 aliphatic carbocycles. The van der Waals surface area contributed by atoms with Crippen LogP contribution in [0.2, 0.25) is 0 Å². The summed E-state index contributed by atoms with van der Waals surface area (Å²) in [6.07, 6.45) is 5.01. The molecule has 0 spiro atoms. The van der Waals surface area contributed by atoms with Crippen LogP contribution in [0.3, 0.4) is 0 Å². The number of aliphatic hydroxyl groups is 1. The van der Waals surface area contributed by atoms with Crippen molar-refractivity contribution in [2.75, 3.05) is 26.2 Å². The molecule has 90 valence electrons. The molecule has 1 rings (SSSR count). The standard InChI is InChI=1S/C13H27NO/c1-4-14(5-2)10-13(11-15)8-6-12(3)7-9-13/h12,15H,4-11H2,1-3H3. The smallest absolute Gasteiger partial charge is 0.0499 e. The Bertz CT molecular complexity index is 169. The Kier molecular flexibility index (Phi) is 5.07. The van der Waals surface area contributed by atoms with Gasteiger partial charge in [0.25, 0.3) is 0 Å². The van der Waals surface area contributed by atoms with E-state index in [0.717, 1.165) is 25.6 Å². The van der Waals surface area contributed by atoms with E-state index in [1.165, 1.54) is 25.7 Å². The van der Waals surface area contributed by atoms with Crippen LogP contribution in [-0.4, -0.2) is 36.2 Å². The summed E-state index contributed by atoms with van der Waals surface area (Å²) < 4.78 is 0. The van der Waals surface area contributed by atoms with Crippen molar-refractivity contribution in [2.45, 2.75) is 46.5 Å². The van der Waals surface area contributed by atoms with Crippen molar-refractivity contribution in [3.05, 3.63) is 0 Å². The highest BCUT2D eigenvalue weighted by atomic mass is 16.3. The summed E-state index contributed by atoms with van der Waals surface area (Å²) in [5.41, 5.74) is 0.207. The fourth-order valence-electron chi connectivity index (χ4n) is 2.66. The van der Waals surface area contributed by atoms with Gasteiger partial charge in [-0.2, -0.15) is 0 Å². The highest BCUT2D eigenvalue weighted by Gasteiger charge is 2.34. The third kappa shape index (κ3) is 3.46. The van der Waals surface area contributed by atoms with Crippen molar-refractivity contribution in [2.24, 2.45) is 11.3 Å². The predicted molar refractivity (Wildman–Crippen MR) is 64.9 cm³/mol. The van der Waals surface area contributed by atoms with Gasteiger partial charge in [-0.25, -0.2) is 0 Å². The highest BCUT2D eigenvalue weighted by Crippen LogP contribution is 2.39. The quantitative estimate of drug-likeness (QED) is 0.758. The predicted octanol–water partition coefficient (Wildman–Crippen LogP) is 2.52. The minimum absolute atomic E-state index is 0.207. The Balaban J connectivity index is 2.52. The largest absolute Gasteiger partial charge is 0.396 e. The van der Waals surface area contributed by atoms with E-state index in [4.69, 9.17) is 0 Å². The molecule has 0 aromatic heterocycles. The molecule has 1 aliphatic rings. The van der Waals surface area contributed by atoms with E-state index < -0.39 is 0 Å². The van der Waals surface area contributed by atoms with Crippen LogP contribution in [0.25, 0.3) is 0 Å². The molecule has 0 saturated heterocycles. The zero-order valence-corrected chi connectivity index (χ0v) is 10.6. The summed E-state index contributed by atoms with van der Waals surface area (Å²) in [6, 6.07) is 0. The Morgan fingerprint density at radius 3 is 2.13 bits per heavy atom. The van der Waals surface area contributed by atoms with Gasteiger partial charge in [0.15, 0.2) is 0 Å². The van der Waals surface area contributed by atoms with Crippen molar-refractivity contribution in [1.29, 1.82) is 0 Å². The molecule has 0 aromatic rings. The molecular weight excluding hydrogens is 186 g/mol. The summed E-state index contributed by atoms with van der Waals surface area (Å²) in [6.45, 7) is 10.4. The van der Waals surface area contributed by atoms with E-state index >= 15 is 0 Å². The highest BCUT2D eigenvalue weighted by molar-refractivity contribution is 4.86. The second kappa shape index (κ2) is 5.86. The van der Waals surface area contributed by atoms with E-state index in [-0.39, 0.29) is 5.41 Å². The summed E-state index contributed by atoms with van der Waals surface area (Å²) in [4.78, 5) is 2.45. The van der Waals surface area contributed by atoms with Crippen LogP contribution >= 0.6 is 0 Å². The summed E-state index contributed by atoms with van der Waals surface area (Å²) in [5, 5.41) is 9.64. The molecule has 1 fully saturated rings. The Morgan fingerprint density at radius 1 is 1.20 bits per heavy atom. The van der Waals surface area contributed by atoms with Crippen LogP contribution in [0.5, 0.6) is 0 Å². The van der Waals surface area contributed by atoms with Gasteiger partial charge in [-0.15, -0.1) is 0 Å². The van der Waals surface area contributed by atoms with Crippen molar-refractivity contribution >= 4 is 0 Å². The maximum Gasteiger partial charge on any atom is 0.0499 e. The first-order chi connectivity index (χ1) is 7.15. The molecule has 1 N–H and O–H groups in total. The number of hydrogen-bond donors (Lipinski definition) is 1. The Labute approximate surface area is 94.7 Å². The summed E-state index contributed by atoms with van der Waals surface area (Å²) in [7, 11) is 0. The molecular formula is C13H27NO. The molecule has 0 bridgehead atoms. The van der Waals surface area contributed by atoms with E-state index in [1.807, 2.05) is 0 Å². The van der Waals surface area contributed by atoms with Gasteiger partial charge in [0, 0.05) is 18.6 Å². The molecule has 0 aromatic carbocycles. The van der Waals surface area contributed by atoms with E-state index in [0.29, 0.717) is 6.61 Å². The van der Waals surface area contributed by atoms with Crippen LogP contribution in [0, 0.1) is 11.3 Å². The number of rotatable bonds is 5. The second-order valence-corrected chi connectivity index (χ2v) is 5.30. The van der Waals surface area contributed by atoms with E-state index in [9.17, 15) is 5.11 Å². The van der Waals surface area contributed by atoms with Crippen LogP contribution in [0.1, 0.15) is 46.5 Å². The zero-order valence-electron chi connectivity index (χ0n) is 10.6. The first-order valence-corrected chi connectivity index (χ1v) is 6.49. The van der Waals surface area contributed by atoms with Crippen LogP contribution in [0.4, 0.5) is 0 Å². The second-order valence-electron chi connectivity index (χ2n) is 5.30. The third-order valence-corrected chi connectivity index (χ3v) is 4.12. The topological polar surface area (TPSA) is 23.5 Å². The molecule has 2 heteroatoms. The normalized spacial score (nSPS) is 32.2. The van der Waals surface area contributed by atoms with Crippen molar-refractivity contribution in [1.82, 2.24) is 4.90 Å². The third-order valence-electron chi connectivity index (χ3n) is 4.12. The molecule has 15 heavy (non-hydrogen) atoms. The van der Waals surface area contributed by atoms with Crippen LogP contribution < -0.4 is 0 Å². The number of nitrogens with zero attached hydrogens (tertiary/aromatic N) is 1. The van der Waals surface area contributed by atoms with Crippen LogP contribution in [-0.2, 0) is 0 Å². The van der Waals surface area contributed by atoms with Crippen LogP contribution in [0.15, 0.2) is 0 Å². The molecule has 0 radical (unpaired) electrons. The molecule has 0 aliphatic heterocycles. The Hall–Kier alpha value is -0.0800. The maximum absolute atomic E-state index is 9.64. The molecule has 0 atom stereocenters. The fraction of sp³-hybridized carbons (Fsp3) is 1.00. The van der Waals surface area contributed by atoms with Gasteiger partial charge < -0.3 is 10.0 Å². The number of aliphatic hydroxyl groups excluding tert-OH is 1. The average molecular weight is 213 g/mol. The van der Waals surface area contributed by atoms with Gasteiger partial charge >= 0.3 is 0 Å². The van der Waals surface area contributed by atoms with Gasteiger partial charge in [0.1, 0.15) is 0 Å². The molecule has 1 saturated carbocycles. The first kappa shape index (κ1) is 13.0. The van der Waals surface area contributed by atoms with Gasteiger partial charge in [-0.05, 0) is 31.8 Å². The lowest BCUT2D eigenvalue weighted by Crippen LogP contribution is -2.42. The van der Waals surface area contributed by atoms with Gasteiger partial charge in [0.2, 0.25) is 0 Å². The fourth-order valence-corrected chi connectivity index (χ4v) is 2.66. The van der Waals surface area contributed by atoms with Gasteiger partial charge in [-0.1, -0.05) is 33.6 Å². The van der Waals surface area contributed by atoms with E-state index in [2.05, 4.69) is 25.7 Å². The van der Waals surface area contributed by atoms with Crippen molar-refractivity contribution < 1.29 is 5.11 Å². The number of hydrogen-bond acceptors (Lipinski definition) is 2. The first-order valence-electron chi connectivity index (χ1n) is 6.49. The molecule has 0 amide bonds. The monoisotopic (exact) mass is 213 g/mol.